The van der Waals surface area contributed by atoms with E-state index in [1.54, 1.807) is 17.6 Å². The lowest BCUT2D eigenvalue weighted by molar-refractivity contribution is 0.422. The quantitative estimate of drug-likeness (QED) is 0.625. The standard InChI is InChI=1S/C7H5NOS/c1-3-9-8-7(1)6-2-4-10-5-6/h1-5H. The van der Waals surface area contributed by atoms with E-state index in [1.165, 1.54) is 0 Å². The molecule has 0 saturated heterocycles. The molecular formula is C7H5NOS. The Hall–Kier alpha value is -1.09. The SMILES string of the molecule is c1cc(-c2ccsc2)no1. The van der Waals surface area contributed by atoms with Gasteiger partial charge in [-0.25, -0.2) is 0 Å². The second-order valence-electron chi connectivity index (χ2n) is 1.90. The summed E-state index contributed by atoms with van der Waals surface area (Å²) in [5.74, 6) is 0. The lowest BCUT2D eigenvalue weighted by Crippen LogP contribution is -1.67. The van der Waals surface area contributed by atoms with Crippen LogP contribution in [0.4, 0.5) is 0 Å². The van der Waals surface area contributed by atoms with Gasteiger partial charge >= 0.3 is 0 Å². The Morgan fingerprint density at radius 3 is 3.00 bits per heavy atom. The molecule has 2 aromatic rings. The van der Waals surface area contributed by atoms with Gasteiger partial charge in [-0.1, -0.05) is 5.16 Å². The molecule has 50 valence electrons. The van der Waals surface area contributed by atoms with Crippen molar-refractivity contribution in [3.8, 4) is 11.3 Å². The van der Waals surface area contributed by atoms with Crippen LogP contribution in [0.15, 0.2) is 33.7 Å². The summed E-state index contributed by atoms with van der Waals surface area (Å²) in [5, 5.41) is 7.85. The molecule has 2 nitrogen and oxygen atoms in total. The molecule has 0 spiro atoms. The monoisotopic (exact) mass is 151 g/mol. The van der Waals surface area contributed by atoms with Crippen molar-refractivity contribution in [2.75, 3.05) is 0 Å². The first kappa shape index (κ1) is 5.68. The molecule has 0 amide bonds. The predicted octanol–water partition coefficient (Wildman–Crippen LogP) is 2.40. The van der Waals surface area contributed by atoms with Crippen molar-refractivity contribution in [1.29, 1.82) is 0 Å². The van der Waals surface area contributed by atoms with Gasteiger partial charge in [-0.05, 0) is 11.4 Å². The summed E-state index contributed by atoms with van der Waals surface area (Å²) in [6.45, 7) is 0. The highest BCUT2D eigenvalue weighted by atomic mass is 32.1. The third kappa shape index (κ3) is 0.844. The minimum atomic E-state index is 0.904. The van der Waals surface area contributed by atoms with Crippen LogP contribution in [0, 0.1) is 0 Å². The zero-order valence-electron chi connectivity index (χ0n) is 5.15. The first-order chi connectivity index (χ1) is 4.97. The van der Waals surface area contributed by atoms with Crippen molar-refractivity contribution >= 4 is 11.3 Å². The van der Waals surface area contributed by atoms with Gasteiger partial charge in [0.05, 0.1) is 0 Å². The van der Waals surface area contributed by atoms with Gasteiger partial charge in [-0.2, -0.15) is 11.3 Å². The minimum absolute atomic E-state index is 0.904. The molecule has 0 fully saturated rings. The van der Waals surface area contributed by atoms with Crippen LogP contribution in [0.3, 0.4) is 0 Å². The van der Waals surface area contributed by atoms with Crippen molar-refractivity contribution in [3.63, 3.8) is 0 Å². The fourth-order valence-electron chi connectivity index (χ4n) is 0.772. The van der Waals surface area contributed by atoms with Gasteiger partial charge in [-0.3, -0.25) is 0 Å². The van der Waals surface area contributed by atoms with Gasteiger partial charge in [-0.15, -0.1) is 0 Å². The Kier molecular flexibility index (Phi) is 1.29. The average molecular weight is 151 g/mol. The van der Waals surface area contributed by atoms with Gasteiger partial charge in [0.1, 0.15) is 12.0 Å². The highest BCUT2D eigenvalue weighted by Gasteiger charge is 1.98. The van der Waals surface area contributed by atoms with Crippen molar-refractivity contribution < 1.29 is 4.52 Å². The van der Waals surface area contributed by atoms with Crippen LogP contribution in [0.2, 0.25) is 0 Å². The molecule has 2 rings (SSSR count). The molecule has 0 aliphatic carbocycles. The summed E-state index contributed by atoms with van der Waals surface area (Å²) in [6, 6.07) is 3.87. The summed E-state index contributed by atoms with van der Waals surface area (Å²) in [6.07, 6.45) is 1.58. The van der Waals surface area contributed by atoms with Gasteiger partial charge in [0.15, 0.2) is 0 Å². The third-order valence-corrected chi connectivity index (χ3v) is 1.94. The first-order valence-electron chi connectivity index (χ1n) is 2.90. The molecule has 2 heterocycles. The lowest BCUT2D eigenvalue weighted by Gasteiger charge is -1.82. The number of hydrogen-bond donors (Lipinski definition) is 0. The predicted molar refractivity (Wildman–Crippen MR) is 39.8 cm³/mol. The zero-order chi connectivity index (χ0) is 6.81. The Labute approximate surface area is 62.1 Å². The fourth-order valence-corrected chi connectivity index (χ4v) is 1.42. The normalized spacial score (nSPS) is 10.0. The van der Waals surface area contributed by atoms with E-state index >= 15 is 0 Å². The van der Waals surface area contributed by atoms with E-state index in [2.05, 4.69) is 5.16 Å². The maximum absolute atomic E-state index is 4.69. The summed E-state index contributed by atoms with van der Waals surface area (Å²) in [4.78, 5) is 0. The number of thiophene rings is 1. The van der Waals surface area contributed by atoms with Gasteiger partial charge in [0.25, 0.3) is 0 Å². The number of aromatic nitrogens is 1. The molecule has 0 N–H and O–H groups in total. The number of nitrogens with zero attached hydrogens (tertiary/aromatic N) is 1. The molecule has 0 aromatic carbocycles. The smallest absolute Gasteiger partial charge is 0.124 e. The van der Waals surface area contributed by atoms with E-state index in [0.29, 0.717) is 0 Å². The van der Waals surface area contributed by atoms with E-state index in [4.69, 9.17) is 4.52 Å². The van der Waals surface area contributed by atoms with Crippen molar-refractivity contribution in [3.05, 3.63) is 29.2 Å². The van der Waals surface area contributed by atoms with Crippen LogP contribution in [0.5, 0.6) is 0 Å². The summed E-state index contributed by atoms with van der Waals surface area (Å²) in [7, 11) is 0. The largest absolute Gasteiger partial charge is 0.364 e. The van der Waals surface area contributed by atoms with Crippen LogP contribution in [-0.4, -0.2) is 5.16 Å². The molecule has 0 unspecified atom stereocenters. The van der Waals surface area contributed by atoms with Crippen molar-refractivity contribution in [1.82, 2.24) is 5.16 Å². The Morgan fingerprint density at radius 2 is 2.40 bits per heavy atom. The molecule has 0 atom stereocenters. The zero-order valence-corrected chi connectivity index (χ0v) is 5.97. The molecule has 2 aromatic heterocycles. The molecule has 3 heteroatoms. The summed E-state index contributed by atoms with van der Waals surface area (Å²) < 4.78 is 4.69. The van der Waals surface area contributed by atoms with Crippen LogP contribution >= 0.6 is 11.3 Å². The molecular weight excluding hydrogens is 146 g/mol. The van der Waals surface area contributed by atoms with Crippen molar-refractivity contribution in [2.45, 2.75) is 0 Å². The van der Waals surface area contributed by atoms with Gasteiger partial charge < -0.3 is 4.52 Å². The number of hydrogen-bond acceptors (Lipinski definition) is 3. The highest BCUT2D eigenvalue weighted by molar-refractivity contribution is 7.08. The van der Waals surface area contributed by atoms with Crippen LogP contribution in [-0.2, 0) is 0 Å². The van der Waals surface area contributed by atoms with Crippen LogP contribution < -0.4 is 0 Å². The van der Waals surface area contributed by atoms with Crippen molar-refractivity contribution in [2.24, 2.45) is 0 Å². The second-order valence-corrected chi connectivity index (χ2v) is 2.68. The van der Waals surface area contributed by atoms with Gasteiger partial charge in [0.2, 0.25) is 0 Å². The van der Waals surface area contributed by atoms with E-state index in [9.17, 15) is 0 Å². The summed E-state index contributed by atoms with van der Waals surface area (Å²) in [5.41, 5.74) is 2.03. The molecule has 0 bridgehead atoms. The second kappa shape index (κ2) is 2.27. The maximum Gasteiger partial charge on any atom is 0.124 e. The molecule has 0 aliphatic rings. The summed E-state index contributed by atoms with van der Waals surface area (Å²) >= 11 is 1.66. The Morgan fingerprint density at radius 1 is 1.40 bits per heavy atom. The third-order valence-electron chi connectivity index (χ3n) is 1.25. The Balaban J connectivity index is 2.48. The highest BCUT2D eigenvalue weighted by Crippen LogP contribution is 2.18. The lowest BCUT2D eigenvalue weighted by atomic mass is 10.2. The number of rotatable bonds is 1. The molecule has 0 aliphatic heterocycles. The Bertz CT molecular complexity index is 253. The average Bonchev–Trinajstić information content (AvgIpc) is 2.59. The maximum atomic E-state index is 4.69. The van der Waals surface area contributed by atoms with Gasteiger partial charge in [0, 0.05) is 17.0 Å². The minimum Gasteiger partial charge on any atom is -0.364 e. The fraction of sp³-hybridized carbons (Fsp3) is 0. The molecule has 0 radical (unpaired) electrons. The van der Waals surface area contributed by atoms with E-state index in [1.807, 2.05) is 22.9 Å². The van der Waals surface area contributed by atoms with Crippen LogP contribution in [0.1, 0.15) is 0 Å². The first-order valence-corrected chi connectivity index (χ1v) is 3.84. The van der Waals surface area contributed by atoms with E-state index in [-0.39, 0.29) is 0 Å². The molecule has 0 saturated carbocycles. The molecule has 10 heavy (non-hydrogen) atoms. The van der Waals surface area contributed by atoms with Crippen LogP contribution in [0.25, 0.3) is 11.3 Å². The topological polar surface area (TPSA) is 26.0 Å². The van der Waals surface area contributed by atoms with E-state index < -0.39 is 0 Å². The van der Waals surface area contributed by atoms with E-state index in [0.717, 1.165) is 11.3 Å².